The highest BCUT2D eigenvalue weighted by molar-refractivity contribution is 7.86. The maximum Gasteiger partial charge on any atom is 0.297 e. The quantitative estimate of drug-likeness (QED) is 0.816. The molecule has 0 bridgehead atoms. The van der Waals surface area contributed by atoms with Gasteiger partial charge in [-0.2, -0.15) is 8.42 Å². The van der Waals surface area contributed by atoms with Crippen LogP contribution in [-0.4, -0.2) is 40.8 Å². The second kappa shape index (κ2) is 5.79. The topological polar surface area (TPSA) is 64.6 Å². The van der Waals surface area contributed by atoms with E-state index in [1.165, 1.54) is 0 Å². The van der Waals surface area contributed by atoms with Crippen LogP contribution >= 0.6 is 0 Å². The molecule has 1 saturated heterocycles. The number of nitrogens with one attached hydrogen (secondary N) is 1. The number of ether oxygens (including phenoxy) is 1. The molecular formula is C12H17NO4S. The summed E-state index contributed by atoms with van der Waals surface area (Å²) in [5.74, 6) is 0. The van der Waals surface area contributed by atoms with Crippen molar-refractivity contribution < 1.29 is 17.3 Å². The summed E-state index contributed by atoms with van der Waals surface area (Å²) in [4.78, 5) is 0.178. The van der Waals surface area contributed by atoms with Crippen LogP contribution < -0.4 is 5.32 Å². The minimum absolute atomic E-state index is 0.0449. The molecule has 1 N–H and O–H groups in total. The van der Waals surface area contributed by atoms with E-state index in [0.29, 0.717) is 13.2 Å². The van der Waals surface area contributed by atoms with Crippen LogP contribution in [0.15, 0.2) is 29.2 Å². The Morgan fingerprint density at radius 3 is 2.72 bits per heavy atom. The van der Waals surface area contributed by atoms with Gasteiger partial charge in [0.2, 0.25) is 0 Å². The van der Waals surface area contributed by atoms with E-state index in [-0.39, 0.29) is 17.6 Å². The smallest absolute Gasteiger partial charge is 0.297 e. The summed E-state index contributed by atoms with van der Waals surface area (Å²) in [6.07, 6.45) is -0.209. The van der Waals surface area contributed by atoms with Crippen LogP contribution in [0.1, 0.15) is 5.56 Å². The van der Waals surface area contributed by atoms with Crippen LogP contribution in [0.2, 0.25) is 0 Å². The molecule has 6 heteroatoms. The fourth-order valence-corrected chi connectivity index (χ4v) is 2.60. The maximum absolute atomic E-state index is 11.9. The first kappa shape index (κ1) is 13.5. The molecule has 1 aliphatic rings. The first-order valence-corrected chi connectivity index (χ1v) is 7.27. The van der Waals surface area contributed by atoms with E-state index in [4.69, 9.17) is 8.92 Å². The van der Waals surface area contributed by atoms with Crippen LogP contribution in [0.3, 0.4) is 0 Å². The Bertz CT molecular complexity index is 477. The van der Waals surface area contributed by atoms with Crippen LogP contribution in [0.5, 0.6) is 0 Å². The zero-order chi connectivity index (χ0) is 13.0. The van der Waals surface area contributed by atoms with E-state index in [9.17, 15) is 8.42 Å². The van der Waals surface area contributed by atoms with E-state index in [1.807, 2.05) is 6.92 Å². The van der Waals surface area contributed by atoms with Crippen molar-refractivity contribution in [3.05, 3.63) is 29.8 Å². The fourth-order valence-electron chi connectivity index (χ4n) is 1.67. The van der Waals surface area contributed by atoms with Gasteiger partial charge in [-0.25, -0.2) is 0 Å². The molecule has 0 spiro atoms. The molecule has 1 aromatic rings. The van der Waals surface area contributed by atoms with Crippen LogP contribution in [0.25, 0.3) is 0 Å². The zero-order valence-corrected chi connectivity index (χ0v) is 11.1. The van der Waals surface area contributed by atoms with E-state index < -0.39 is 10.1 Å². The van der Waals surface area contributed by atoms with Gasteiger partial charge in [-0.1, -0.05) is 17.7 Å². The molecular weight excluding hydrogens is 254 g/mol. The molecule has 1 atom stereocenters. The summed E-state index contributed by atoms with van der Waals surface area (Å²) in [7, 11) is -3.68. The highest BCUT2D eigenvalue weighted by Gasteiger charge is 2.20. The molecule has 1 heterocycles. The molecule has 0 aliphatic carbocycles. The number of hydrogen-bond acceptors (Lipinski definition) is 5. The second-order valence-corrected chi connectivity index (χ2v) is 5.86. The van der Waals surface area contributed by atoms with Crippen molar-refractivity contribution in [2.45, 2.75) is 17.9 Å². The molecule has 2 rings (SSSR count). The molecule has 100 valence electrons. The van der Waals surface area contributed by atoms with Crippen molar-refractivity contribution in [2.24, 2.45) is 0 Å². The molecule has 0 saturated carbocycles. The summed E-state index contributed by atoms with van der Waals surface area (Å²) in [5.41, 5.74) is 1.01. The lowest BCUT2D eigenvalue weighted by Gasteiger charge is -2.23. The highest BCUT2D eigenvalue weighted by Crippen LogP contribution is 2.14. The van der Waals surface area contributed by atoms with Crippen LogP contribution in [0, 0.1) is 6.92 Å². The molecule has 0 radical (unpaired) electrons. The maximum atomic E-state index is 11.9. The SMILES string of the molecule is Cc1ccc(S(=O)(=O)OC[C@@H]2CNCCO2)cc1. The summed E-state index contributed by atoms with van der Waals surface area (Å²) in [6, 6.07) is 6.58. The fraction of sp³-hybridized carbons (Fsp3) is 0.500. The van der Waals surface area contributed by atoms with Crippen molar-refractivity contribution in [2.75, 3.05) is 26.3 Å². The zero-order valence-electron chi connectivity index (χ0n) is 10.3. The molecule has 1 aromatic carbocycles. The largest absolute Gasteiger partial charge is 0.373 e. The van der Waals surface area contributed by atoms with Crippen molar-refractivity contribution in [1.82, 2.24) is 5.32 Å². The number of benzene rings is 1. The van der Waals surface area contributed by atoms with Crippen molar-refractivity contribution in [1.29, 1.82) is 0 Å². The molecule has 1 aliphatic heterocycles. The molecule has 18 heavy (non-hydrogen) atoms. The normalized spacial score (nSPS) is 20.8. The van der Waals surface area contributed by atoms with Gasteiger partial charge >= 0.3 is 0 Å². The van der Waals surface area contributed by atoms with Crippen molar-refractivity contribution in [3.63, 3.8) is 0 Å². The van der Waals surface area contributed by atoms with Crippen molar-refractivity contribution in [3.8, 4) is 0 Å². The van der Waals surface area contributed by atoms with E-state index >= 15 is 0 Å². The average molecular weight is 271 g/mol. The van der Waals surface area contributed by atoms with Gasteiger partial charge in [0.05, 0.1) is 24.2 Å². The second-order valence-electron chi connectivity index (χ2n) is 4.25. The first-order valence-electron chi connectivity index (χ1n) is 5.86. The average Bonchev–Trinajstić information content (AvgIpc) is 2.38. The minimum atomic E-state index is -3.68. The summed E-state index contributed by atoms with van der Waals surface area (Å²) in [6.45, 7) is 3.94. The van der Waals surface area contributed by atoms with Gasteiger partial charge in [-0.3, -0.25) is 4.18 Å². The predicted molar refractivity (Wildman–Crippen MR) is 66.9 cm³/mol. The third kappa shape index (κ3) is 3.52. The van der Waals surface area contributed by atoms with Gasteiger partial charge in [0, 0.05) is 13.1 Å². The van der Waals surface area contributed by atoms with Crippen LogP contribution in [-0.2, 0) is 19.0 Å². The predicted octanol–water partition coefficient (Wildman–Crippen LogP) is 0.689. The highest BCUT2D eigenvalue weighted by atomic mass is 32.2. The van der Waals surface area contributed by atoms with E-state index in [1.54, 1.807) is 24.3 Å². The standard InChI is InChI=1S/C12H17NO4S/c1-10-2-4-12(5-3-10)18(14,15)17-9-11-8-13-6-7-16-11/h2-5,11,13H,6-9H2,1H3/t11-/m0/s1. The van der Waals surface area contributed by atoms with E-state index in [0.717, 1.165) is 12.1 Å². The first-order chi connectivity index (χ1) is 8.58. The Labute approximate surface area is 107 Å². The Hall–Kier alpha value is -0.950. The molecule has 5 nitrogen and oxygen atoms in total. The third-order valence-corrected chi connectivity index (χ3v) is 4.02. The Balaban J connectivity index is 1.96. The van der Waals surface area contributed by atoms with Gasteiger partial charge in [0.15, 0.2) is 0 Å². The number of hydrogen-bond donors (Lipinski definition) is 1. The number of morpholine rings is 1. The Kier molecular flexibility index (Phi) is 4.34. The lowest BCUT2D eigenvalue weighted by molar-refractivity contribution is 0.00158. The minimum Gasteiger partial charge on any atom is -0.373 e. The number of aryl methyl sites for hydroxylation is 1. The summed E-state index contributed by atoms with van der Waals surface area (Å²) >= 11 is 0. The molecule has 0 unspecified atom stereocenters. The summed E-state index contributed by atoms with van der Waals surface area (Å²) in [5, 5.41) is 3.12. The van der Waals surface area contributed by atoms with Crippen molar-refractivity contribution >= 4 is 10.1 Å². The van der Waals surface area contributed by atoms with Gasteiger partial charge in [0.1, 0.15) is 0 Å². The van der Waals surface area contributed by atoms with Gasteiger partial charge < -0.3 is 10.1 Å². The van der Waals surface area contributed by atoms with E-state index in [2.05, 4.69) is 5.32 Å². The molecule has 0 amide bonds. The number of rotatable bonds is 4. The summed E-state index contributed by atoms with van der Waals surface area (Å²) < 4.78 is 34.2. The molecule has 1 fully saturated rings. The van der Waals surface area contributed by atoms with Gasteiger partial charge in [-0.05, 0) is 19.1 Å². The lowest BCUT2D eigenvalue weighted by atomic mass is 10.2. The molecule has 0 aromatic heterocycles. The Morgan fingerprint density at radius 1 is 1.39 bits per heavy atom. The van der Waals surface area contributed by atoms with Gasteiger partial charge in [-0.15, -0.1) is 0 Å². The lowest BCUT2D eigenvalue weighted by Crippen LogP contribution is -2.41. The third-order valence-electron chi connectivity index (χ3n) is 2.72. The van der Waals surface area contributed by atoms with Gasteiger partial charge in [0.25, 0.3) is 10.1 Å². The monoisotopic (exact) mass is 271 g/mol. The Morgan fingerprint density at radius 2 is 2.11 bits per heavy atom. The van der Waals surface area contributed by atoms with Crippen LogP contribution in [0.4, 0.5) is 0 Å².